The third kappa shape index (κ3) is 3.75. The van der Waals surface area contributed by atoms with Gasteiger partial charge >= 0.3 is 6.09 Å². The van der Waals surface area contributed by atoms with E-state index in [0.29, 0.717) is 6.54 Å². The van der Waals surface area contributed by atoms with Crippen LogP contribution in [0.25, 0.3) is 0 Å². The van der Waals surface area contributed by atoms with E-state index in [1.54, 1.807) is 6.20 Å². The number of hydrogen-bond acceptors (Lipinski definition) is 4. The summed E-state index contributed by atoms with van der Waals surface area (Å²) in [7, 11) is 0. The fourth-order valence-electron chi connectivity index (χ4n) is 2.70. The summed E-state index contributed by atoms with van der Waals surface area (Å²) < 4.78 is 5.50. The van der Waals surface area contributed by atoms with Gasteiger partial charge in [0.1, 0.15) is 5.60 Å². The van der Waals surface area contributed by atoms with Crippen molar-refractivity contribution in [3.8, 4) is 0 Å². The van der Waals surface area contributed by atoms with Crippen molar-refractivity contribution in [1.29, 1.82) is 0 Å². The van der Waals surface area contributed by atoms with Crippen LogP contribution >= 0.6 is 0 Å². The van der Waals surface area contributed by atoms with Gasteiger partial charge in [-0.05, 0) is 47.1 Å². The van der Waals surface area contributed by atoms with Crippen LogP contribution in [-0.2, 0) is 11.3 Å². The van der Waals surface area contributed by atoms with Gasteiger partial charge in [-0.2, -0.15) is 5.10 Å². The first-order chi connectivity index (χ1) is 9.70. The fourth-order valence-corrected chi connectivity index (χ4v) is 2.70. The molecule has 0 radical (unpaired) electrons. The smallest absolute Gasteiger partial charge is 0.410 e. The molecule has 1 atom stereocenters. The van der Waals surface area contributed by atoms with Crippen molar-refractivity contribution in [1.82, 2.24) is 20.4 Å². The topological polar surface area (TPSA) is 70.2 Å². The molecule has 6 nitrogen and oxygen atoms in total. The highest BCUT2D eigenvalue weighted by Crippen LogP contribution is 2.30. The molecule has 1 aliphatic rings. The van der Waals surface area contributed by atoms with E-state index in [2.05, 4.69) is 29.4 Å². The zero-order valence-corrected chi connectivity index (χ0v) is 13.6. The van der Waals surface area contributed by atoms with Crippen molar-refractivity contribution < 1.29 is 9.53 Å². The Hall–Kier alpha value is -1.56. The maximum atomic E-state index is 12.3. The Balaban J connectivity index is 1.96. The Labute approximate surface area is 126 Å². The lowest BCUT2D eigenvalue weighted by Crippen LogP contribution is -2.53. The minimum absolute atomic E-state index is 0.230. The van der Waals surface area contributed by atoms with Gasteiger partial charge in [-0.1, -0.05) is 0 Å². The number of amides is 1. The number of aromatic nitrogens is 2. The van der Waals surface area contributed by atoms with Gasteiger partial charge in [0.15, 0.2) is 0 Å². The molecule has 21 heavy (non-hydrogen) atoms. The molecule has 1 saturated heterocycles. The van der Waals surface area contributed by atoms with Crippen molar-refractivity contribution >= 4 is 6.09 Å². The van der Waals surface area contributed by atoms with Crippen LogP contribution < -0.4 is 5.32 Å². The first-order valence-electron chi connectivity index (χ1n) is 7.42. The number of carbonyl (C=O) groups excluding carboxylic acids is 1. The second-order valence-electron chi connectivity index (χ2n) is 7.09. The van der Waals surface area contributed by atoms with Crippen molar-refractivity contribution in [3.05, 3.63) is 18.0 Å². The van der Waals surface area contributed by atoms with Gasteiger partial charge in [0.2, 0.25) is 0 Å². The molecule has 0 aliphatic carbocycles. The molecule has 2 N–H and O–H groups in total. The van der Waals surface area contributed by atoms with Gasteiger partial charge in [-0.15, -0.1) is 0 Å². The van der Waals surface area contributed by atoms with Crippen molar-refractivity contribution in [2.45, 2.75) is 64.8 Å². The van der Waals surface area contributed by atoms with E-state index in [-0.39, 0.29) is 17.7 Å². The first-order valence-corrected chi connectivity index (χ1v) is 7.42. The summed E-state index contributed by atoms with van der Waals surface area (Å²) in [4.78, 5) is 14.1. The predicted molar refractivity (Wildman–Crippen MR) is 80.9 cm³/mol. The molecular formula is C15H26N4O2. The highest BCUT2D eigenvalue weighted by molar-refractivity contribution is 5.69. The van der Waals surface area contributed by atoms with Crippen molar-refractivity contribution in [3.63, 3.8) is 0 Å². The van der Waals surface area contributed by atoms with Crippen molar-refractivity contribution in [2.24, 2.45) is 0 Å². The zero-order chi connectivity index (χ0) is 15.7. The standard InChI is InChI=1S/C15H26N4O2/c1-14(2,3)21-13(20)19-9-7-12(15(19,4)5)16-10-11-6-8-17-18-11/h6,8,12,16H,7,9-10H2,1-5H3,(H,17,18). The molecule has 0 spiro atoms. The summed E-state index contributed by atoms with van der Waals surface area (Å²) in [6.07, 6.45) is 2.42. The van der Waals surface area contributed by atoms with E-state index in [4.69, 9.17) is 4.74 Å². The van der Waals surface area contributed by atoms with Crippen LogP contribution in [-0.4, -0.2) is 44.9 Å². The summed E-state index contributed by atoms with van der Waals surface area (Å²) >= 11 is 0. The minimum Gasteiger partial charge on any atom is -0.444 e. The van der Waals surface area contributed by atoms with Gasteiger partial charge in [0.25, 0.3) is 0 Å². The number of likely N-dealkylation sites (tertiary alicyclic amines) is 1. The summed E-state index contributed by atoms with van der Waals surface area (Å²) in [6.45, 7) is 11.3. The summed E-state index contributed by atoms with van der Waals surface area (Å²) in [6, 6.07) is 2.17. The second-order valence-corrected chi connectivity index (χ2v) is 7.09. The van der Waals surface area contributed by atoms with Gasteiger partial charge in [0.05, 0.1) is 5.54 Å². The maximum Gasteiger partial charge on any atom is 0.410 e. The molecule has 2 rings (SSSR count). The predicted octanol–water partition coefficient (Wildman–Crippen LogP) is 2.29. The number of rotatable bonds is 3. The highest BCUT2D eigenvalue weighted by atomic mass is 16.6. The van der Waals surface area contributed by atoms with E-state index >= 15 is 0 Å². The van der Waals surface area contributed by atoms with Crippen LogP contribution in [0.1, 0.15) is 46.7 Å². The lowest BCUT2D eigenvalue weighted by Gasteiger charge is -2.37. The Morgan fingerprint density at radius 1 is 1.57 bits per heavy atom. The van der Waals surface area contributed by atoms with Crippen LogP contribution in [0.5, 0.6) is 0 Å². The van der Waals surface area contributed by atoms with Crippen LogP contribution in [0.3, 0.4) is 0 Å². The lowest BCUT2D eigenvalue weighted by molar-refractivity contribution is 0.0109. The van der Waals surface area contributed by atoms with Gasteiger partial charge in [-0.25, -0.2) is 4.79 Å². The minimum atomic E-state index is -0.464. The van der Waals surface area contributed by atoms with Crippen LogP contribution in [0.4, 0.5) is 4.79 Å². The molecule has 118 valence electrons. The highest BCUT2D eigenvalue weighted by Gasteiger charge is 2.45. The second kappa shape index (κ2) is 5.67. The maximum absolute atomic E-state index is 12.3. The van der Waals surface area contributed by atoms with Crippen LogP contribution in [0.15, 0.2) is 12.3 Å². The number of H-pyrrole nitrogens is 1. The molecule has 0 saturated carbocycles. The Morgan fingerprint density at radius 3 is 2.86 bits per heavy atom. The summed E-state index contributed by atoms with van der Waals surface area (Å²) in [5, 5.41) is 10.4. The fraction of sp³-hybridized carbons (Fsp3) is 0.733. The number of ether oxygens (including phenoxy) is 1. The Kier molecular flexibility index (Phi) is 4.27. The third-order valence-electron chi connectivity index (χ3n) is 3.90. The molecule has 2 heterocycles. The van der Waals surface area contributed by atoms with E-state index in [1.165, 1.54) is 0 Å². The van der Waals surface area contributed by atoms with Crippen LogP contribution in [0.2, 0.25) is 0 Å². The van der Waals surface area contributed by atoms with E-state index in [1.807, 2.05) is 31.7 Å². The Morgan fingerprint density at radius 2 is 2.29 bits per heavy atom. The normalized spacial score (nSPS) is 21.6. The first kappa shape index (κ1) is 15.8. The van der Waals surface area contributed by atoms with E-state index in [9.17, 15) is 4.79 Å². The molecule has 6 heteroatoms. The average Bonchev–Trinajstić information content (AvgIpc) is 2.91. The van der Waals surface area contributed by atoms with Crippen LogP contribution in [0, 0.1) is 0 Å². The zero-order valence-electron chi connectivity index (χ0n) is 13.6. The SMILES string of the molecule is CC(C)(C)OC(=O)N1CCC(NCc2ccn[nH]2)C1(C)C. The Bertz CT molecular complexity index is 476. The summed E-state index contributed by atoms with van der Waals surface area (Å²) in [5.74, 6) is 0. The molecular weight excluding hydrogens is 268 g/mol. The molecule has 1 amide bonds. The quantitative estimate of drug-likeness (QED) is 0.897. The van der Waals surface area contributed by atoms with Gasteiger partial charge < -0.3 is 15.0 Å². The largest absolute Gasteiger partial charge is 0.444 e. The number of hydrogen-bond donors (Lipinski definition) is 2. The average molecular weight is 294 g/mol. The van der Waals surface area contributed by atoms with Gasteiger partial charge in [-0.3, -0.25) is 5.10 Å². The molecule has 1 aliphatic heterocycles. The molecule has 1 unspecified atom stereocenters. The van der Waals surface area contributed by atoms with Gasteiger partial charge in [0, 0.05) is 31.0 Å². The van der Waals surface area contributed by atoms with E-state index in [0.717, 1.165) is 18.7 Å². The van der Waals surface area contributed by atoms with E-state index < -0.39 is 5.60 Å². The molecule has 1 fully saturated rings. The number of aromatic amines is 1. The molecule has 1 aromatic heterocycles. The third-order valence-corrected chi connectivity index (χ3v) is 3.90. The number of nitrogens with zero attached hydrogens (tertiary/aromatic N) is 2. The molecule has 1 aromatic rings. The lowest BCUT2D eigenvalue weighted by atomic mass is 9.96. The monoisotopic (exact) mass is 294 g/mol. The summed E-state index contributed by atoms with van der Waals surface area (Å²) in [5.41, 5.74) is 0.304. The van der Waals surface area contributed by atoms with Crippen molar-refractivity contribution in [2.75, 3.05) is 6.54 Å². The number of carbonyl (C=O) groups is 1. The molecule has 0 bridgehead atoms. The number of nitrogens with one attached hydrogen (secondary N) is 2. The molecule has 0 aromatic carbocycles.